The second-order valence-corrected chi connectivity index (χ2v) is 10.0. The molecule has 1 amide bonds. The fraction of sp³-hybridized carbons (Fsp3) is 0.320. The quantitative estimate of drug-likeness (QED) is 0.606. The van der Waals surface area contributed by atoms with Crippen molar-refractivity contribution in [3.8, 4) is 22.4 Å². The largest absolute Gasteiger partial charge is 0.478 e. The van der Waals surface area contributed by atoms with Crippen LogP contribution in [0, 0.1) is 0 Å². The maximum Gasteiger partial charge on any atom is 0.335 e. The molecule has 1 aromatic carbocycles. The zero-order valence-corrected chi connectivity index (χ0v) is 19.4. The molecule has 1 fully saturated rings. The molecule has 0 bridgehead atoms. The van der Waals surface area contributed by atoms with Crippen molar-refractivity contribution in [1.29, 1.82) is 0 Å². The van der Waals surface area contributed by atoms with Crippen LogP contribution < -0.4 is 10.2 Å². The summed E-state index contributed by atoms with van der Waals surface area (Å²) in [6.07, 6.45) is 2.48. The van der Waals surface area contributed by atoms with Gasteiger partial charge in [-0.25, -0.2) is 4.79 Å². The molecule has 0 atom stereocenters. The molecule has 3 aromatic rings. The number of amides is 1. The normalized spacial score (nSPS) is 17.4. The number of hydrogen-bond donors (Lipinski definition) is 2. The zero-order valence-electron chi connectivity index (χ0n) is 18.6. The number of benzene rings is 1. The standard InChI is InChI=1S/C25H25N3O4S/c1-25(2)14-18-20(23(28-8-10-32-11-9-28)33-21(18)22(29)27-25)16-6-7-26-19(13-16)15-4-3-5-17(12-15)24(30)31/h3-7,12-13H,8-11,14H2,1-2H3,(H,27,29)(H,30,31). The summed E-state index contributed by atoms with van der Waals surface area (Å²) in [5.41, 5.74) is 4.43. The van der Waals surface area contributed by atoms with Crippen molar-refractivity contribution in [1.82, 2.24) is 10.3 Å². The Kier molecular flexibility index (Phi) is 5.42. The number of thiophene rings is 1. The molecule has 4 heterocycles. The summed E-state index contributed by atoms with van der Waals surface area (Å²) < 4.78 is 5.56. The Hall–Kier alpha value is -3.23. The molecule has 8 heteroatoms. The third kappa shape index (κ3) is 4.12. The molecule has 2 N–H and O–H groups in total. The average Bonchev–Trinajstić information content (AvgIpc) is 3.18. The van der Waals surface area contributed by atoms with Crippen LogP contribution in [0.1, 0.15) is 39.4 Å². The molecule has 0 aliphatic carbocycles. The molecule has 0 saturated carbocycles. The number of aromatic carboxylic acids is 1. The SMILES string of the molecule is CC1(C)Cc2c(sc(N3CCOCC3)c2-c2ccnc(-c3cccc(C(=O)O)c3)c2)C(=O)N1. The Morgan fingerprint density at radius 2 is 1.97 bits per heavy atom. The van der Waals surface area contributed by atoms with E-state index in [1.807, 2.05) is 32.0 Å². The van der Waals surface area contributed by atoms with Crippen molar-refractivity contribution in [3.05, 3.63) is 58.6 Å². The lowest BCUT2D eigenvalue weighted by molar-refractivity contribution is 0.0696. The van der Waals surface area contributed by atoms with Crippen LogP contribution in [0.4, 0.5) is 5.00 Å². The maximum atomic E-state index is 13.0. The van der Waals surface area contributed by atoms with Gasteiger partial charge in [0.25, 0.3) is 5.91 Å². The van der Waals surface area contributed by atoms with Crippen LogP contribution in [0.15, 0.2) is 42.6 Å². The number of aromatic nitrogens is 1. The van der Waals surface area contributed by atoms with Gasteiger partial charge in [0.15, 0.2) is 0 Å². The molecule has 1 saturated heterocycles. The van der Waals surface area contributed by atoms with Crippen molar-refractivity contribution < 1.29 is 19.4 Å². The second-order valence-electron chi connectivity index (χ2n) is 9.02. The maximum absolute atomic E-state index is 13.0. The summed E-state index contributed by atoms with van der Waals surface area (Å²) in [6, 6.07) is 10.8. The van der Waals surface area contributed by atoms with Crippen LogP contribution in [0.3, 0.4) is 0 Å². The number of hydrogen-bond acceptors (Lipinski definition) is 6. The van der Waals surface area contributed by atoms with Gasteiger partial charge in [0.1, 0.15) is 5.00 Å². The molecule has 0 unspecified atom stereocenters. The van der Waals surface area contributed by atoms with Gasteiger partial charge in [0.05, 0.1) is 29.3 Å². The second kappa shape index (κ2) is 8.28. The number of ether oxygens (including phenoxy) is 1. The highest BCUT2D eigenvalue weighted by Gasteiger charge is 2.36. The van der Waals surface area contributed by atoms with Gasteiger partial charge < -0.3 is 20.1 Å². The van der Waals surface area contributed by atoms with Crippen molar-refractivity contribution >= 4 is 28.2 Å². The Bertz CT molecular complexity index is 1240. The van der Waals surface area contributed by atoms with E-state index >= 15 is 0 Å². The van der Waals surface area contributed by atoms with E-state index in [9.17, 15) is 14.7 Å². The smallest absolute Gasteiger partial charge is 0.335 e. The van der Waals surface area contributed by atoms with Crippen LogP contribution in [0.25, 0.3) is 22.4 Å². The van der Waals surface area contributed by atoms with Crippen LogP contribution >= 0.6 is 11.3 Å². The lowest BCUT2D eigenvalue weighted by Gasteiger charge is -2.31. The van der Waals surface area contributed by atoms with Crippen LogP contribution in [0.2, 0.25) is 0 Å². The first-order chi connectivity index (χ1) is 15.8. The summed E-state index contributed by atoms with van der Waals surface area (Å²) in [5.74, 6) is -1.00. The number of carbonyl (C=O) groups excluding carboxylic acids is 1. The van der Waals surface area contributed by atoms with E-state index in [0.717, 1.165) is 51.6 Å². The van der Waals surface area contributed by atoms with E-state index in [1.54, 1.807) is 35.7 Å². The van der Waals surface area contributed by atoms with Crippen molar-refractivity contribution in [2.75, 3.05) is 31.2 Å². The van der Waals surface area contributed by atoms with E-state index in [0.29, 0.717) is 18.9 Å². The summed E-state index contributed by atoms with van der Waals surface area (Å²) in [5, 5.41) is 13.6. The number of nitrogens with one attached hydrogen (secondary N) is 1. The van der Waals surface area contributed by atoms with Gasteiger partial charge in [-0.15, -0.1) is 11.3 Å². The number of rotatable bonds is 4. The number of carboxylic acids is 1. The molecule has 170 valence electrons. The molecule has 0 radical (unpaired) electrons. The molecule has 33 heavy (non-hydrogen) atoms. The van der Waals surface area contributed by atoms with Crippen LogP contribution in [0.5, 0.6) is 0 Å². The Labute approximate surface area is 196 Å². The molecular formula is C25H25N3O4S. The summed E-state index contributed by atoms with van der Waals surface area (Å²) in [7, 11) is 0. The highest BCUT2D eigenvalue weighted by atomic mass is 32.1. The first-order valence-electron chi connectivity index (χ1n) is 10.9. The molecule has 0 spiro atoms. The average molecular weight is 464 g/mol. The van der Waals surface area contributed by atoms with E-state index < -0.39 is 5.97 Å². The third-order valence-corrected chi connectivity index (χ3v) is 7.31. The van der Waals surface area contributed by atoms with E-state index in [2.05, 4.69) is 15.2 Å². The summed E-state index contributed by atoms with van der Waals surface area (Å²) >= 11 is 1.54. The number of nitrogens with zero attached hydrogens (tertiary/aromatic N) is 2. The molecule has 2 aliphatic heterocycles. The predicted octanol–water partition coefficient (Wildman–Crippen LogP) is 4.08. The molecule has 2 aromatic heterocycles. The summed E-state index contributed by atoms with van der Waals surface area (Å²) in [6.45, 7) is 6.94. The van der Waals surface area contributed by atoms with Crippen molar-refractivity contribution in [2.24, 2.45) is 0 Å². The van der Waals surface area contributed by atoms with E-state index in [4.69, 9.17) is 4.74 Å². The number of carbonyl (C=O) groups is 2. The first-order valence-corrected chi connectivity index (χ1v) is 11.7. The number of carboxylic acid groups (broad SMARTS) is 1. The zero-order chi connectivity index (χ0) is 23.2. The van der Waals surface area contributed by atoms with Crippen LogP contribution in [-0.2, 0) is 11.2 Å². The molecule has 5 rings (SSSR count). The van der Waals surface area contributed by atoms with Gasteiger partial charge in [0, 0.05) is 36.0 Å². The topological polar surface area (TPSA) is 91.8 Å². The van der Waals surface area contributed by atoms with Gasteiger partial charge >= 0.3 is 5.97 Å². The third-order valence-electron chi connectivity index (χ3n) is 6.02. The molecule has 2 aliphatic rings. The minimum atomic E-state index is -0.970. The van der Waals surface area contributed by atoms with Crippen LogP contribution in [-0.4, -0.2) is 53.8 Å². The Balaban J connectivity index is 1.66. The fourth-order valence-electron chi connectivity index (χ4n) is 4.50. The van der Waals surface area contributed by atoms with Crippen molar-refractivity contribution in [2.45, 2.75) is 25.8 Å². The van der Waals surface area contributed by atoms with E-state index in [-0.39, 0.29) is 17.0 Å². The highest BCUT2D eigenvalue weighted by Crippen LogP contribution is 2.46. The Morgan fingerprint density at radius 3 is 2.73 bits per heavy atom. The van der Waals surface area contributed by atoms with Gasteiger partial charge in [-0.1, -0.05) is 12.1 Å². The Morgan fingerprint density at radius 1 is 1.18 bits per heavy atom. The number of morpholine rings is 1. The highest BCUT2D eigenvalue weighted by molar-refractivity contribution is 7.19. The predicted molar refractivity (Wildman–Crippen MR) is 128 cm³/mol. The molecular weight excluding hydrogens is 438 g/mol. The fourth-order valence-corrected chi connectivity index (χ4v) is 5.79. The van der Waals surface area contributed by atoms with Crippen molar-refractivity contribution in [3.63, 3.8) is 0 Å². The lowest BCUT2D eigenvalue weighted by Crippen LogP contribution is -2.48. The minimum Gasteiger partial charge on any atom is -0.478 e. The number of fused-ring (bicyclic) bond motifs is 1. The molecule has 7 nitrogen and oxygen atoms in total. The van der Waals surface area contributed by atoms with Gasteiger partial charge in [-0.05, 0) is 55.7 Å². The van der Waals surface area contributed by atoms with Gasteiger partial charge in [-0.2, -0.15) is 0 Å². The monoisotopic (exact) mass is 463 g/mol. The lowest BCUT2D eigenvalue weighted by atomic mass is 9.87. The number of pyridine rings is 1. The first kappa shape index (κ1) is 21.6. The van der Waals surface area contributed by atoms with Gasteiger partial charge in [0.2, 0.25) is 0 Å². The minimum absolute atomic E-state index is 0.0320. The van der Waals surface area contributed by atoms with E-state index in [1.165, 1.54) is 0 Å². The number of anilines is 1. The van der Waals surface area contributed by atoms with Gasteiger partial charge in [-0.3, -0.25) is 9.78 Å². The summed E-state index contributed by atoms with van der Waals surface area (Å²) in [4.78, 5) is 32.0.